The molecule has 0 atom stereocenters. The molecule has 1 fully saturated rings. The van der Waals surface area contributed by atoms with E-state index in [2.05, 4.69) is 18.2 Å². The molecular formula is C15H21N. The Balaban J connectivity index is 1.96. The second kappa shape index (κ2) is 3.89. The number of nitrogens with two attached hydrogens (primary N) is 1. The molecule has 0 bridgehead atoms. The largest absolute Gasteiger partial charge is 0.330 e. The maximum Gasteiger partial charge on any atom is 0.00756 e. The monoisotopic (exact) mass is 215 g/mol. The third-order valence-electron chi connectivity index (χ3n) is 4.66. The summed E-state index contributed by atoms with van der Waals surface area (Å²) in [5.74, 6) is 0. The molecule has 0 amide bonds. The molecular weight excluding hydrogens is 194 g/mol. The molecule has 0 saturated heterocycles. The Morgan fingerprint density at radius 3 is 2.38 bits per heavy atom. The van der Waals surface area contributed by atoms with E-state index in [1.54, 1.807) is 11.1 Å². The van der Waals surface area contributed by atoms with Crippen LogP contribution in [0.25, 0.3) is 0 Å². The molecule has 2 aliphatic rings. The van der Waals surface area contributed by atoms with Gasteiger partial charge in [-0.15, -0.1) is 0 Å². The molecule has 1 aromatic rings. The molecule has 1 nitrogen and oxygen atoms in total. The summed E-state index contributed by atoms with van der Waals surface area (Å²) in [4.78, 5) is 0. The van der Waals surface area contributed by atoms with E-state index in [1.807, 2.05) is 0 Å². The van der Waals surface area contributed by atoms with Gasteiger partial charge in [0.05, 0.1) is 0 Å². The predicted octanol–water partition coefficient (Wildman–Crippen LogP) is 2.95. The number of hydrogen-bond donors (Lipinski definition) is 1. The van der Waals surface area contributed by atoms with Crippen LogP contribution in [0.1, 0.15) is 48.8 Å². The van der Waals surface area contributed by atoms with Gasteiger partial charge in [-0.05, 0) is 55.2 Å². The van der Waals surface area contributed by atoms with Crippen LogP contribution in [-0.4, -0.2) is 6.54 Å². The number of fused-ring (bicyclic) bond motifs is 1. The second-order valence-electron chi connectivity index (χ2n) is 5.53. The maximum atomic E-state index is 5.98. The quantitative estimate of drug-likeness (QED) is 0.806. The summed E-state index contributed by atoms with van der Waals surface area (Å²) in [6.07, 6.45) is 9.24. The molecule has 1 heteroatoms. The Hall–Kier alpha value is -0.820. The molecule has 0 unspecified atom stereocenters. The van der Waals surface area contributed by atoms with Crippen LogP contribution in [0.2, 0.25) is 0 Å². The van der Waals surface area contributed by atoms with E-state index in [4.69, 9.17) is 5.73 Å². The van der Waals surface area contributed by atoms with Crippen LogP contribution in [0.5, 0.6) is 0 Å². The van der Waals surface area contributed by atoms with E-state index in [0.717, 1.165) is 6.54 Å². The van der Waals surface area contributed by atoms with Crippen molar-refractivity contribution >= 4 is 0 Å². The fourth-order valence-electron chi connectivity index (χ4n) is 3.28. The van der Waals surface area contributed by atoms with Crippen LogP contribution in [0.15, 0.2) is 18.2 Å². The van der Waals surface area contributed by atoms with Crippen molar-refractivity contribution in [2.75, 3.05) is 6.54 Å². The average molecular weight is 215 g/mol. The normalized spacial score (nSPS) is 22.3. The van der Waals surface area contributed by atoms with Gasteiger partial charge in [-0.1, -0.05) is 24.6 Å². The fourth-order valence-corrected chi connectivity index (χ4v) is 3.28. The molecule has 0 aliphatic heterocycles. The summed E-state index contributed by atoms with van der Waals surface area (Å²) in [5, 5.41) is 0. The maximum absolute atomic E-state index is 5.98. The zero-order chi connectivity index (χ0) is 11.0. The predicted molar refractivity (Wildman–Crippen MR) is 67.7 cm³/mol. The third kappa shape index (κ3) is 1.49. The first-order valence-corrected chi connectivity index (χ1v) is 6.66. The number of rotatable bonds is 2. The summed E-state index contributed by atoms with van der Waals surface area (Å²) < 4.78 is 0. The Morgan fingerprint density at radius 1 is 1.00 bits per heavy atom. The van der Waals surface area contributed by atoms with Crippen LogP contribution >= 0.6 is 0 Å². The van der Waals surface area contributed by atoms with E-state index in [1.165, 1.54) is 50.5 Å². The van der Waals surface area contributed by atoms with Crippen molar-refractivity contribution in [1.82, 2.24) is 0 Å². The van der Waals surface area contributed by atoms with Gasteiger partial charge in [-0.3, -0.25) is 0 Å². The highest BCUT2D eigenvalue weighted by molar-refractivity contribution is 5.38. The molecule has 0 radical (unpaired) electrons. The Morgan fingerprint density at radius 2 is 1.75 bits per heavy atom. The Labute approximate surface area is 98.0 Å². The van der Waals surface area contributed by atoms with Crippen molar-refractivity contribution in [3.8, 4) is 0 Å². The SMILES string of the molecule is NCC1(c2ccc3c(c2)CCCC3)CCC1. The number of hydrogen-bond acceptors (Lipinski definition) is 1. The Kier molecular flexibility index (Phi) is 2.51. The van der Waals surface area contributed by atoms with E-state index in [9.17, 15) is 0 Å². The van der Waals surface area contributed by atoms with E-state index >= 15 is 0 Å². The average Bonchev–Trinajstić information content (AvgIpc) is 2.28. The lowest BCUT2D eigenvalue weighted by Crippen LogP contribution is -2.41. The molecule has 0 aromatic heterocycles. The lowest BCUT2D eigenvalue weighted by Gasteiger charge is -2.42. The third-order valence-corrected chi connectivity index (χ3v) is 4.66. The summed E-state index contributed by atoms with van der Waals surface area (Å²) in [7, 11) is 0. The molecule has 0 spiro atoms. The van der Waals surface area contributed by atoms with Crippen molar-refractivity contribution in [3.63, 3.8) is 0 Å². The van der Waals surface area contributed by atoms with E-state index in [0.29, 0.717) is 5.41 Å². The summed E-state index contributed by atoms with van der Waals surface area (Å²) in [6, 6.07) is 7.16. The fraction of sp³-hybridized carbons (Fsp3) is 0.600. The van der Waals surface area contributed by atoms with Crippen LogP contribution in [0, 0.1) is 0 Å². The highest BCUT2D eigenvalue weighted by Gasteiger charge is 2.37. The summed E-state index contributed by atoms with van der Waals surface area (Å²) in [6.45, 7) is 0.825. The van der Waals surface area contributed by atoms with Crippen LogP contribution < -0.4 is 5.73 Å². The first kappa shape index (κ1) is 10.3. The van der Waals surface area contributed by atoms with Crippen LogP contribution in [-0.2, 0) is 18.3 Å². The topological polar surface area (TPSA) is 26.0 Å². The van der Waals surface area contributed by atoms with Gasteiger partial charge >= 0.3 is 0 Å². The van der Waals surface area contributed by atoms with Gasteiger partial charge in [-0.25, -0.2) is 0 Å². The van der Waals surface area contributed by atoms with Gasteiger partial charge in [-0.2, -0.15) is 0 Å². The van der Waals surface area contributed by atoms with Crippen molar-refractivity contribution in [2.45, 2.75) is 50.4 Å². The van der Waals surface area contributed by atoms with Gasteiger partial charge in [0.2, 0.25) is 0 Å². The van der Waals surface area contributed by atoms with Crippen molar-refractivity contribution in [2.24, 2.45) is 5.73 Å². The van der Waals surface area contributed by atoms with Crippen LogP contribution in [0.3, 0.4) is 0 Å². The van der Waals surface area contributed by atoms with Crippen LogP contribution in [0.4, 0.5) is 0 Å². The molecule has 2 aliphatic carbocycles. The Bertz CT molecular complexity index is 385. The van der Waals surface area contributed by atoms with Gasteiger partial charge in [0.1, 0.15) is 0 Å². The first-order chi connectivity index (χ1) is 7.84. The van der Waals surface area contributed by atoms with Crippen molar-refractivity contribution in [1.29, 1.82) is 0 Å². The minimum absolute atomic E-state index is 0.340. The molecule has 1 aromatic carbocycles. The number of benzene rings is 1. The second-order valence-corrected chi connectivity index (χ2v) is 5.53. The minimum atomic E-state index is 0.340. The lowest BCUT2D eigenvalue weighted by atomic mass is 9.64. The molecule has 2 N–H and O–H groups in total. The van der Waals surface area contributed by atoms with Crippen molar-refractivity contribution in [3.05, 3.63) is 34.9 Å². The molecule has 86 valence electrons. The van der Waals surface area contributed by atoms with Gasteiger partial charge < -0.3 is 5.73 Å². The minimum Gasteiger partial charge on any atom is -0.330 e. The first-order valence-electron chi connectivity index (χ1n) is 6.66. The van der Waals surface area contributed by atoms with Gasteiger partial charge in [0.25, 0.3) is 0 Å². The zero-order valence-corrected chi connectivity index (χ0v) is 9.97. The number of aryl methyl sites for hydroxylation is 2. The zero-order valence-electron chi connectivity index (χ0n) is 9.97. The smallest absolute Gasteiger partial charge is 0.00756 e. The molecule has 1 saturated carbocycles. The molecule has 3 rings (SSSR count). The van der Waals surface area contributed by atoms with E-state index in [-0.39, 0.29) is 0 Å². The van der Waals surface area contributed by atoms with Crippen molar-refractivity contribution < 1.29 is 0 Å². The van der Waals surface area contributed by atoms with Gasteiger partial charge in [0.15, 0.2) is 0 Å². The standard InChI is InChI=1S/C15H21N/c16-11-15(8-3-9-15)14-7-6-12-4-1-2-5-13(12)10-14/h6-7,10H,1-5,8-9,11,16H2. The molecule has 16 heavy (non-hydrogen) atoms. The highest BCUT2D eigenvalue weighted by Crippen LogP contribution is 2.43. The van der Waals surface area contributed by atoms with Gasteiger partial charge in [0, 0.05) is 12.0 Å². The highest BCUT2D eigenvalue weighted by atomic mass is 14.6. The lowest BCUT2D eigenvalue weighted by molar-refractivity contribution is 0.253. The van der Waals surface area contributed by atoms with E-state index < -0.39 is 0 Å². The molecule has 0 heterocycles. The summed E-state index contributed by atoms with van der Waals surface area (Å²) >= 11 is 0. The summed E-state index contributed by atoms with van der Waals surface area (Å²) in [5.41, 5.74) is 11.0.